The van der Waals surface area contributed by atoms with E-state index in [9.17, 15) is 0 Å². The van der Waals surface area contributed by atoms with Crippen LogP contribution in [0.4, 0.5) is 0 Å². The van der Waals surface area contributed by atoms with Crippen LogP contribution in [0.25, 0.3) is 0 Å². The van der Waals surface area contributed by atoms with Crippen molar-refractivity contribution in [1.29, 1.82) is 0 Å². The molecule has 2 heterocycles. The average Bonchev–Trinajstić information content (AvgIpc) is 2.93. The van der Waals surface area contributed by atoms with Gasteiger partial charge in [-0.1, -0.05) is 35.3 Å². The summed E-state index contributed by atoms with van der Waals surface area (Å²) in [4.78, 5) is 4.50. The molecule has 0 radical (unpaired) electrons. The van der Waals surface area contributed by atoms with Crippen LogP contribution in [0.15, 0.2) is 30.6 Å². The van der Waals surface area contributed by atoms with Gasteiger partial charge in [-0.2, -0.15) is 0 Å². The number of halogens is 2. The molecule has 0 aliphatic carbocycles. The van der Waals surface area contributed by atoms with Crippen molar-refractivity contribution >= 4 is 23.2 Å². The summed E-state index contributed by atoms with van der Waals surface area (Å²) >= 11 is 12.3. The number of benzene rings is 1. The lowest BCUT2D eigenvalue weighted by Gasteiger charge is -2.25. The quantitative estimate of drug-likeness (QED) is 0.936. The van der Waals surface area contributed by atoms with E-state index >= 15 is 0 Å². The molecule has 1 aromatic heterocycles. The minimum absolute atomic E-state index is 0.534. The zero-order valence-electron chi connectivity index (χ0n) is 11.1. The second-order valence-electron chi connectivity index (χ2n) is 5.12. The Morgan fingerprint density at radius 3 is 2.85 bits per heavy atom. The van der Waals surface area contributed by atoms with E-state index in [1.165, 1.54) is 0 Å². The summed E-state index contributed by atoms with van der Waals surface area (Å²) in [6.07, 6.45) is 6.95. The number of imidazole rings is 1. The largest absolute Gasteiger partial charge is 0.332 e. The summed E-state index contributed by atoms with van der Waals surface area (Å²) < 4.78 is 2.29. The van der Waals surface area contributed by atoms with E-state index in [-0.39, 0.29) is 0 Å². The summed E-state index contributed by atoms with van der Waals surface area (Å²) in [5, 5.41) is 4.62. The van der Waals surface area contributed by atoms with Gasteiger partial charge in [-0.25, -0.2) is 4.98 Å². The highest BCUT2D eigenvalue weighted by molar-refractivity contribution is 6.42. The van der Waals surface area contributed by atoms with Gasteiger partial charge in [0.25, 0.3) is 0 Å². The highest BCUT2D eigenvalue weighted by atomic mass is 35.5. The number of piperidine rings is 1. The molecule has 1 aliphatic rings. The van der Waals surface area contributed by atoms with E-state index in [2.05, 4.69) is 21.1 Å². The van der Waals surface area contributed by atoms with E-state index < -0.39 is 0 Å². The van der Waals surface area contributed by atoms with Gasteiger partial charge < -0.3 is 9.88 Å². The molecule has 0 unspecified atom stereocenters. The summed E-state index contributed by atoms with van der Waals surface area (Å²) in [6.45, 7) is 2.14. The van der Waals surface area contributed by atoms with Crippen LogP contribution in [-0.4, -0.2) is 22.6 Å². The van der Waals surface area contributed by atoms with Gasteiger partial charge in [0.15, 0.2) is 0 Å². The van der Waals surface area contributed by atoms with Crippen molar-refractivity contribution in [2.45, 2.75) is 25.3 Å². The van der Waals surface area contributed by atoms with Crippen LogP contribution >= 0.6 is 23.2 Å². The van der Waals surface area contributed by atoms with Crippen LogP contribution in [0.3, 0.4) is 0 Å². The molecule has 1 fully saturated rings. The highest BCUT2D eigenvalue weighted by Crippen LogP contribution is 2.28. The highest BCUT2D eigenvalue weighted by Gasteiger charge is 2.18. The number of aromatic nitrogens is 2. The van der Waals surface area contributed by atoms with Crippen LogP contribution in [-0.2, 0) is 6.42 Å². The van der Waals surface area contributed by atoms with Crippen molar-refractivity contribution in [3.8, 4) is 0 Å². The maximum Gasteiger partial charge on any atom is 0.113 e. The van der Waals surface area contributed by atoms with E-state index in [0.29, 0.717) is 16.1 Å². The van der Waals surface area contributed by atoms with Gasteiger partial charge in [-0.15, -0.1) is 0 Å². The fourth-order valence-electron chi connectivity index (χ4n) is 2.75. The molecule has 1 N–H and O–H groups in total. The number of nitrogens with one attached hydrogen (secondary N) is 1. The molecule has 0 saturated carbocycles. The van der Waals surface area contributed by atoms with E-state index in [1.54, 1.807) is 0 Å². The molecule has 0 spiro atoms. The second-order valence-corrected chi connectivity index (χ2v) is 5.91. The molecule has 1 saturated heterocycles. The smallest absolute Gasteiger partial charge is 0.113 e. The maximum atomic E-state index is 6.27. The van der Waals surface area contributed by atoms with Gasteiger partial charge in [0.05, 0.1) is 10.0 Å². The first-order chi connectivity index (χ1) is 9.75. The van der Waals surface area contributed by atoms with Crippen LogP contribution in [0.5, 0.6) is 0 Å². The number of hydrogen-bond acceptors (Lipinski definition) is 2. The molecule has 0 bridgehead atoms. The van der Waals surface area contributed by atoms with Gasteiger partial charge >= 0.3 is 0 Å². The Morgan fingerprint density at radius 1 is 1.25 bits per heavy atom. The van der Waals surface area contributed by atoms with E-state index in [1.807, 2.05) is 24.4 Å². The Kier molecular flexibility index (Phi) is 4.29. The molecule has 3 rings (SSSR count). The van der Waals surface area contributed by atoms with Crippen molar-refractivity contribution in [3.05, 3.63) is 52.0 Å². The van der Waals surface area contributed by atoms with E-state index in [4.69, 9.17) is 23.2 Å². The second kappa shape index (κ2) is 6.17. The Hall–Kier alpha value is -1.03. The number of rotatable bonds is 3. The third-order valence-corrected chi connectivity index (χ3v) is 4.69. The van der Waals surface area contributed by atoms with Gasteiger partial charge in [-0.3, -0.25) is 0 Å². The van der Waals surface area contributed by atoms with Crippen molar-refractivity contribution in [1.82, 2.24) is 14.9 Å². The lowest BCUT2D eigenvalue weighted by atomic mass is 10.1. The first-order valence-corrected chi connectivity index (χ1v) is 7.66. The summed E-state index contributed by atoms with van der Waals surface area (Å²) in [5.41, 5.74) is 1.03. The summed E-state index contributed by atoms with van der Waals surface area (Å²) in [5.74, 6) is 1.06. The molecule has 1 aliphatic heterocycles. The van der Waals surface area contributed by atoms with Crippen molar-refractivity contribution in [2.75, 3.05) is 13.1 Å². The Bertz CT molecular complexity index is 589. The standard InChI is InChI=1S/C15H17Cl2N3/c16-13-3-1-2-11(15(13)17)10-14-19-8-9-20(14)12-4-6-18-7-5-12/h1-3,8-9,12,18H,4-7,10H2. The Balaban J connectivity index is 1.84. The Labute approximate surface area is 128 Å². The predicted molar refractivity (Wildman–Crippen MR) is 82.6 cm³/mol. The molecular weight excluding hydrogens is 293 g/mol. The molecule has 0 amide bonds. The predicted octanol–water partition coefficient (Wildman–Crippen LogP) is 3.71. The van der Waals surface area contributed by atoms with Gasteiger partial charge in [0.2, 0.25) is 0 Å². The molecule has 20 heavy (non-hydrogen) atoms. The maximum absolute atomic E-state index is 6.27. The normalized spacial score (nSPS) is 16.5. The molecule has 2 aromatic rings. The van der Waals surface area contributed by atoms with Crippen molar-refractivity contribution < 1.29 is 0 Å². The summed E-state index contributed by atoms with van der Waals surface area (Å²) in [6, 6.07) is 6.29. The molecule has 3 nitrogen and oxygen atoms in total. The van der Waals surface area contributed by atoms with Gasteiger partial charge in [-0.05, 0) is 37.6 Å². The lowest BCUT2D eigenvalue weighted by molar-refractivity contribution is 0.361. The van der Waals surface area contributed by atoms with Gasteiger partial charge in [0, 0.05) is 24.9 Å². The van der Waals surface area contributed by atoms with Crippen LogP contribution in [0.1, 0.15) is 30.3 Å². The molecule has 0 atom stereocenters. The third kappa shape index (κ3) is 2.85. The average molecular weight is 310 g/mol. The van der Waals surface area contributed by atoms with Gasteiger partial charge in [0.1, 0.15) is 5.82 Å². The zero-order chi connectivity index (χ0) is 13.9. The van der Waals surface area contributed by atoms with Crippen LogP contribution in [0.2, 0.25) is 10.0 Å². The fourth-order valence-corrected chi connectivity index (χ4v) is 3.14. The van der Waals surface area contributed by atoms with Crippen molar-refractivity contribution in [3.63, 3.8) is 0 Å². The molecule has 5 heteroatoms. The monoisotopic (exact) mass is 309 g/mol. The number of nitrogens with zero attached hydrogens (tertiary/aromatic N) is 2. The fraction of sp³-hybridized carbons (Fsp3) is 0.400. The minimum atomic E-state index is 0.534. The first kappa shape index (κ1) is 13.9. The number of hydrogen-bond donors (Lipinski definition) is 1. The van der Waals surface area contributed by atoms with Crippen molar-refractivity contribution in [2.24, 2.45) is 0 Å². The first-order valence-electron chi connectivity index (χ1n) is 6.91. The zero-order valence-corrected chi connectivity index (χ0v) is 12.7. The lowest BCUT2D eigenvalue weighted by Crippen LogP contribution is -2.29. The molecule has 1 aromatic carbocycles. The van der Waals surface area contributed by atoms with Crippen LogP contribution < -0.4 is 5.32 Å². The SMILES string of the molecule is Clc1cccc(Cc2nccn2C2CCNCC2)c1Cl. The topological polar surface area (TPSA) is 29.9 Å². The summed E-state index contributed by atoms with van der Waals surface area (Å²) in [7, 11) is 0. The molecule has 106 valence electrons. The Morgan fingerprint density at radius 2 is 2.05 bits per heavy atom. The van der Waals surface area contributed by atoms with E-state index in [0.717, 1.165) is 43.7 Å². The molecular formula is C15H17Cl2N3. The third-order valence-electron chi connectivity index (χ3n) is 3.83. The van der Waals surface area contributed by atoms with Crippen LogP contribution in [0, 0.1) is 0 Å². The minimum Gasteiger partial charge on any atom is -0.332 e.